The van der Waals surface area contributed by atoms with Crippen molar-refractivity contribution in [3.63, 3.8) is 0 Å². The van der Waals surface area contributed by atoms with Gasteiger partial charge < -0.3 is 21.3 Å². The monoisotopic (exact) mass is 485 g/mol. The van der Waals surface area contributed by atoms with Gasteiger partial charge in [-0.3, -0.25) is 14.3 Å². The second-order valence-electron chi connectivity index (χ2n) is 8.40. The topological polar surface area (TPSA) is 143 Å². The second kappa shape index (κ2) is 10.2. The first kappa shape index (κ1) is 24.3. The first-order valence-electron chi connectivity index (χ1n) is 11.2. The third kappa shape index (κ3) is 5.29. The van der Waals surface area contributed by atoms with Crippen molar-refractivity contribution in [3.8, 4) is 0 Å². The number of carbonyl (C=O) groups is 2. The molecule has 0 saturated heterocycles. The van der Waals surface area contributed by atoms with Crippen molar-refractivity contribution in [1.82, 2.24) is 14.8 Å². The quantitative estimate of drug-likeness (QED) is 0.364. The standard InChI is InChI=1S/C24H25F2N5O4/c25-15-8-14(9-16(26)10-15)18(11-20(33)34)22-21(23(27)35)19(12-32)31(30-22)7-5-17-4-3-13-2-1-6-28-24(13)29-17/h3-4,8-10,18,32H,1-2,5-7,11-12H2,(H2,27,35)(H,28,29)(H,33,34). The lowest BCUT2D eigenvalue weighted by Gasteiger charge is -2.17. The fourth-order valence-corrected chi connectivity index (χ4v) is 4.43. The zero-order valence-corrected chi connectivity index (χ0v) is 18.8. The Morgan fingerprint density at radius 1 is 1.20 bits per heavy atom. The van der Waals surface area contributed by atoms with Crippen molar-refractivity contribution >= 4 is 17.7 Å². The number of halogens is 2. The van der Waals surface area contributed by atoms with E-state index in [1.165, 1.54) is 4.68 Å². The van der Waals surface area contributed by atoms with E-state index in [1.54, 1.807) is 0 Å². The van der Waals surface area contributed by atoms with E-state index < -0.39 is 42.5 Å². The van der Waals surface area contributed by atoms with Crippen molar-refractivity contribution in [1.29, 1.82) is 0 Å². The van der Waals surface area contributed by atoms with E-state index in [-0.39, 0.29) is 29.1 Å². The summed E-state index contributed by atoms with van der Waals surface area (Å²) in [5, 5.41) is 27.1. The Morgan fingerprint density at radius 3 is 2.60 bits per heavy atom. The van der Waals surface area contributed by atoms with Crippen LogP contribution in [0.3, 0.4) is 0 Å². The number of aromatic nitrogens is 3. The molecule has 1 aliphatic rings. The number of nitrogens with one attached hydrogen (secondary N) is 1. The number of pyridine rings is 1. The SMILES string of the molecule is NC(=O)c1c(C(CC(=O)O)c2cc(F)cc(F)c2)nn(CCc2ccc3c(n2)NCCC3)c1CO. The molecule has 1 aliphatic heterocycles. The summed E-state index contributed by atoms with van der Waals surface area (Å²) in [7, 11) is 0. The predicted molar refractivity (Wildman–Crippen MR) is 122 cm³/mol. The van der Waals surface area contributed by atoms with Crippen LogP contribution in [0.15, 0.2) is 30.3 Å². The van der Waals surface area contributed by atoms with Gasteiger partial charge in [-0.1, -0.05) is 6.07 Å². The highest BCUT2D eigenvalue weighted by atomic mass is 19.1. The molecule has 1 amide bonds. The number of benzene rings is 1. The van der Waals surface area contributed by atoms with Crippen LogP contribution >= 0.6 is 0 Å². The van der Waals surface area contributed by atoms with Crippen molar-refractivity contribution in [2.24, 2.45) is 5.73 Å². The van der Waals surface area contributed by atoms with E-state index >= 15 is 0 Å². The van der Waals surface area contributed by atoms with Crippen LogP contribution in [0.2, 0.25) is 0 Å². The lowest BCUT2D eigenvalue weighted by atomic mass is 9.89. The van der Waals surface area contributed by atoms with Gasteiger partial charge in [0.25, 0.3) is 5.91 Å². The molecule has 184 valence electrons. The van der Waals surface area contributed by atoms with Gasteiger partial charge in [-0.05, 0) is 42.2 Å². The van der Waals surface area contributed by atoms with Crippen molar-refractivity contribution in [2.45, 2.75) is 44.8 Å². The minimum atomic E-state index is -1.26. The Morgan fingerprint density at radius 2 is 1.94 bits per heavy atom. The molecule has 0 bridgehead atoms. The number of anilines is 1. The highest BCUT2D eigenvalue weighted by molar-refractivity contribution is 5.95. The molecule has 2 aromatic heterocycles. The summed E-state index contributed by atoms with van der Waals surface area (Å²) in [6.07, 6.45) is 1.79. The predicted octanol–water partition coefficient (Wildman–Crippen LogP) is 2.35. The van der Waals surface area contributed by atoms with Gasteiger partial charge >= 0.3 is 5.97 Å². The molecule has 1 unspecified atom stereocenters. The number of carboxylic acids is 1. The van der Waals surface area contributed by atoms with Crippen molar-refractivity contribution in [2.75, 3.05) is 11.9 Å². The number of primary amides is 1. The zero-order valence-electron chi connectivity index (χ0n) is 18.8. The van der Waals surface area contributed by atoms with Crippen LogP contribution in [0.25, 0.3) is 0 Å². The van der Waals surface area contributed by atoms with Crippen molar-refractivity contribution < 1.29 is 28.6 Å². The minimum Gasteiger partial charge on any atom is -0.481 e. The molecule has 3 heterocycles. The van der Waals surface area contributed by atoms with Crippen LogP contribution in [0.4, 0.5) is 14.6 Å². The molecular weight excluding hydrogens is 460 g/mol. The summed E-state index contributed by atoms with van der Waals surface area (Å²) < 4.78 is 29.2. The zero-order chi connectivity index (χ0) is 25.1. The Bertz CT molecular complexity index is 1260. The smallest absolute Gasteiger partial charge is 0.304 e. The average Bonchev–Trinajstić information content (AvgIpc) is 3.19. The number of aliphatic hydroxyl groups excluding tert-OH is 1. The third-order valence-corrected chi connectivity index (χ3v) is 6.01. The molecule has 0 aliphatic carbocycles. The van der Waals surface area contributed by atoms with Gasteiger partial charge in [0.1, 0.15) is 17.5 Å². The molecule has 35 heavy (non-hydrogen) atoms. The number of rotatable bonds is 9. The Kier molecular flexibility index (Phi) is 7.06. The number of aryl methyl sites for hydroxylation is 3. The molecule has 11 heteroatoms. The molecule has 1 aromatic carbocycles. The van der Waals surface area contributed by atoms with E-state index in [1.807, 2.05) is 12.1 Å². The van der Waals surface area contributed by atoms with Crippen LogP contribution in [0.1, 0.15) is 57.3 Å². The number of carboxylic acid groups (broad SMARTS) is 1. The van der Waals surface area contributed by atoms with Crippen LogP contribution < -0.4 is 11.1 Å². The first-order chi connectivity index (χ1) is 16.8. The van der Waals surface area contributed by atoms with Crippen LogP contribution in [0.5, 0.6) is 0 Å². The number of amides is 1. The van der Waals surface area contributed by atoms with Crippen molar-refractivity contribution in [3.05, 3.63) is 75.7 Å². The summed E-state index contributed by atoms with van der Waals surface area (Å²) >= 11 is 0. The fraction of sp³-hybridized carbons (Fsp3) is 0.333. The number of aliphatic hydroxyl groups is 1. The van der Waals surface area contributed by atoms with Gasteiger partial charge in [0.15, 0.2) is 0 Å². The molecule has 5 N–H and O–H groups in total. The largest absolute Gasteiger partial charge is 0.481 e. The Labute approximate surface area is 199 Å². The average molecular weight is 485 g/mol. The van der Waals surface area contributed by atoms with Crippen LogP contribution in [-0.2, 0) is 30.8 Å². The van der Waals surface area contributed by atoms with Gasteiger partial charge in [-0.25, -0.2) is 13.8 Å². The molecule has 4 rings (SSSR count). The summed E-state index contributed by atoms with van der Waals surface area (Å²) in [6.45, 7) is 0.454. The number of carbonyl (C=O) groups excluding carboxylic acids is 1. The van der Waals surface area contributed by atoms with E-state index in [9.17, 15) is 28.6 Å². The van der Waals surface area contributed by atoms with Gasteiger partial charge in [0, 0.05) is 37.2 Å². The van der Waals surface area contributed by atoms with Gasteiger partial charge in [-0.2, -0.15) is 5.10 Å². The van der Waals surface area contributed by atoms with Gasteiger partial charge in [0.05, 0.1) is 30.0 Å². The number of fused-ring (bicyclic) bond motifs is 1. The summed E-state index contributed by atoms with van der Waals surface area (Å²) in [4.78, 5) is 28.6. The minimum absolute atomic E-state index is 0.0102. The molecule has 3 aromatic rings. The third-order valence-electron chi connectivity index (χ3n) is 6.01. The molecule has 0 fully saturated rings. The molecular formula is C24H25F2N5O4. The van der Waals surface area contributed by atoms with E-state index in [0.29, 0.717) is 12.5 Å². The number of aliphatic carboxylic acids is 1. The molecule has 0 saturated carbocycles. The number of hydrogen-bond donors (Lipinski definition) is 4. The summed E-state index contributed by atoms with van der Waals surface area (Å²) in [5.41, 5.74) is 7.32. The lowest BCUT2D eigenvalue weighted by Crippen LogP contribution is -2.19. The maximum Gasteiger partial charge on any atom is 0.304 e. The summed E-state index contributed by atoms with van der Waals surface area (Å²) in [6, 6.07) is 6.54. The molecule has 0 spiro atoms. The molecule has 0 radical (unpaired) electrons. The Balaban J connectivity index is 1.72. The number of nitrogens with zero attached hydrogens (tertiary/aromatic N) is 3. The highest BCUT2D eigenvalue weighted by Gasteiger charge is 2.30. The van der Waals surface area contributed by atoms with Crippen LogP contribution in [-0.4, -0.2) is 43.4 Å². The van der Waals surface area contributed by atoms with Gasteiger partial charge in [-0.15, -0.1) is 0 Å². The molecule has 1 atom stereocenters. The highest BCUT2D eigenvalue weighted by Crippen LogP contribution is 2.32. The normalized spacial score (nSPS) is 13.7. The number of hydrogen-bond acceptors (Lipinski definition) is 6. The van der Waals surface area contributed by atoms with E-state index in [0.717, 1.165) is 48.6 Å². The fourth-order valence-electron chi connectivity index (χ4n) is 4.43. The molecule has 9 nitrogen and oxygen atoms in total. The first-order valence-corrected chi connectivity index (χ1v) is 11.2. The second-order valence-corrected chi connectivity index (χ2v) is 8.40. The summed E-state index contributed by atoms with van der Waals surface area (Å²) in [5.74, 6) is -4.34. The number of nitrogens with two attached hydrogens (primary N) is 1. The maximum atomic E-state index is 13.9. The van der Waals surface area contributed by atoms with E-state index in [4.69, 9.17) is 5.73 Å². The van der Waals surface area contributed by atoms with Crippen LogP contribution in [0, 0.1) is 11.6 Å². The van der Waals surface area contributed by atoms with E-state index in [2.05, 4.69) is 15.4 Å². The Hall–Kier alpha value is -3.86. The van der Waals surface area contributed by atoms with Gasteiger partial charge in [0.2, 0.25) is 0 Å². The maximum absolute atomic E-state index is 13.9. The lowest BCUT2D eigenvalue weighted by molar-refractivity contribution is -0.137.